The molecule has 2 atom stereocenters. The fourth-order valence-corrected chi connectivity index (χ4v) is 3.15. The topological polar surface area (TPSA) is 107 Å². The fraction of sp³-hybridized carbons (Fsp3) is 0.286. The number of rotatable bonds is 8. The number of H-pyrrole nitrogens is 1. The van der Waals surface area contributed by atoms with Crippen molar-refractivity contribution in [3.05, 3.63) is 59.7 Å². The second kappa shape index (κ2) is 9.07. The van der Waals surface area contributed by atoms with E-state index in [4.69, 9.17) is 5.11 Å². The van der Waals surface area contributed by atoms with Gasteiger partial charge in [0.25, 0.3) is 0 Å². The van der Waals surface area contributed by atoms with Crippen LogP contribution in [0.3, 0.4) is 0 Å². The molecule has 2 unspecified atom stereocenters. The van der Waals surface area contributed by atoms with Gasteiger partial charge < -0.3 is 20.7 Å². The largest absolute Gasteiger partial charge is 0.480 e. The van der Waals surface area contributed by atoms with Gasteiger partial charge >= 0.3 is 12.1 Å². The number of carbonyl (C=O) groups is 2. The minimum absolute atomic E-state index is 0.173. The van der Waals surface area contributed by atoms with E-state index in [1.807, 2.05) is 0 Å². The number of fused-ring (bicyclic) bond motifs is 1. The van der Waals surface area contributed by atoms with Gasteiger partial charge in [-0.1, -0.05) is 31.2 Å². The van der Waals surface area contributed by atoms with Crippen LogP contribution < -0.4 is 10.6 Å². The number of hydrogen-bond donors (Lipinski definition) is 4. The molecule has 10 heteroatoms. The first-order valence-corrected chi connectivity index (χ1v) is 9.58. The van der Waals surface area contributed by atoms with Gasteiger partial charge in [0.2, 0.25) is 11.9 Å². The molecule has 0 saturated carbocycles. The molecule has 3 aromatic rings. The minimum Gasteiger partial charge on any atom is -0.480 e. The Labute approximate surface area is 175 Å². The zero-order valence-electron chi connectivity index (χ0n) is 16.5. The van der Waals surface area contributed by atoms with Crippen molar-refractivity contribution in [2.24, 2.45) is 0 Å². The van der Waals surface area contributed by atoms with E-state index in [1.54, 1.807) is 31.2 Å². The summed E-state index contributed by atoms with van der Waals surface area (Å²) < 4.78 is 39.6. The number of carbonyl (C=O) groups excluding carboxylic acids is 1. The van der Waals surface area contributed by atoms with Gasteiger partial charge in [-0.05, 0) is 36.2 Å². The van der Waals surface area contributed by atoms with Crippen molar-refractivity contribution in [1.29, 1.82) is 0 Å². The minimum atomic E-state index is -4.54. The summed E-state index contributed by atoms with van der Waals surface area (Å²) in [5.41, 5.74) is 0.732. The van der Waals surface area contributed by atoms with Crippen molar-refractivity contribution in [2.75, 3.05) is 5.32 Å². The molecule has 1 heterocycles. The third-order valence-corrected chi connectivity index (χ3v) is 4.75. The molecule has 3 rings (SSSR count). The molecule has 31 heavy (non-hydrogen) atoms. The molecule has 0 radical (unpaired) electrons. The van der Waals surface area contributed by atoms with Crippen LogP contribution in [0.1, 0.15) is 36.9 Å². The normalized spacial score (nSPS) is 13.5. The van der Waals surface area contributed by atoms with Crippen molar-refractivity contribution >= 4 is 28.9 Å². The summed E-state index contributed by atoms with van der Waals surface area (Å²) in [5, 5.41) is 14.5. The Morgan fingerprint density at radius 3 is 2.55 bits per heavy atom. The predicted octanol–water partition coefficient (Wildman–Crippen LogP) is 4.10. The molecule has 4 N–H and O–H groups in total. The van der Waals surface area contributed by atoms with Gasteiger partial charge in [-0.3, -0.25) is 4.79 Å². The second-order valence-electron chi connectivity index (χ2n) is 6.99. The number of carboxylic acid groups (broad SMARTS) is 1. The highest BCUT2D eigenvalue weighted by atomic mass is 19.4. The number of aromatic amines is 1. The first-order chi connectivity index (χ1) is 14.7. The van der Waals surface area contributed by atoms with Crippen LogP contribution in [-0.4, -0.2) is 33.0 Å². The van der Waals surface area contributed by atoms with E-state index in [0.29, 0.717) is 11.0 Å². The number of amides is 1. The first-order valence-electron chi connectivity index (χ1n) is 9.58. The lowest BCUT2D eigenvalue weighted by Crippen LogP contribution is -2.41. The van der Waals surface area contributed by atoms with Gasteiger partial charge in [0.05, 0.1) is 29.1 Å². The maximum atomic E-state index is 13.2. The summed E-state index contributed by atoms with van der Waals surface area (Å²) in [5.74, 6) is -1.52. The summed E-state index contributed by atoms with van der Waals surface area (Å²) in [7, 11) is 0. The lowest BCUT2D eigenvalue weighted by molar-refractivity contribution is -0.142. The highest BCUT2D eigenvalue weighted by molar-refractivity contribution is 5.84. The molecule has 0 bridgehead atoms. The number of aliphatic carboxylic acids is 1. The maximum absolute atomic E-state index is 13.2. The summed E-state index contributed by atoms with van der Waals surface area (Å²) in [6.07, 6.45) is -4.66. The number of anilines is 1. The second-order valence-corrected chi connectivity index (χ2v) is 6.99. The average molecular weight is 434 g/mol. The third-order valence-electron chi connectivity index (χ3n) is 4.75. The van der Waals surface area contributed by atoms with Gasteiger partial charge in [0, 0.05) is 0 Å². The van der Waals surface area contributed by atoms with Crippen molar-refractivity contribution in [1.82, 2.24) is 15.3 Å². The lowest BCUT2D eigenvalue weighted by Gasteiger charge is -2.21. The summed E-state index contributed by atoms with van der Waals surface area (Å²) >= 11 is 0. The number of halogens is 3. The highest BCUT2D eigenvalue weighted by Gasteiger charge is 2.31. The SMILES string of the molecule is CCC(NC(=O)CC(Nc1nc2ccccc2[nH]1)c1cccc(C(F)(F)F)c1)C(=O)O. The van der Waals surface area contributed by atoms with E-state index in [2.05, 4.69) is 20.6 Å². The van der Waals surface area contributed by atoms with Crippen LogP contribution in [0.4, 0.5) is 19.1 Å². The van der Waals surface area contributed by atoms with Crippen molar-refractivity contribution in [3.63, 3.8) is 0 Å². The summed E-state index contributed by atoms with van der Waals surface area (Å²) in [6.45, 7) is 1.61. The molecule has 7 nitrogen and oxygen atoms in total. The number of imidazole rings is 1. The predicted molar refractivity (Wildman–Crippen MR) is 108 cm³/mol. The van der Waals surface area contributed by atoms with E-state index < -0.39 is 35.7 Å². The Hall–Kier alpha value is -3.56. The number of benzene rings is 2. The van der Waals surface area contributed by atoms with Gasteiger partial charge in [0.1, 0.15) is 6.04 Å². The standard InChI is InChI=1S/C21H21F3N4O3/c1-2-14(19(30)31)25-18(29)11-17(12-6-5-7-13(10-12)21(22,23)24)28-20-26-15-8-3-4-9-16(15)27-20/h3-10,14,17H,2,11H2,1H3,(H,25,29)(H,30,31)(H2,26,27,28). The molecule has 0 spiro atoms. The number of nitrogens with one attached hydrogen (secondary N) is 3. The van der Waals surface area contributed by atoms with E-state index >= 15 is 0 Å². The molecule has 0 aliphatic rings. The molecule has 164 valence electrons. The fourth-order valence-electron chi connectivity index (χ4n) is 3.15. The molecule has 1 aromatic heterocycles. The Morgan fingerprint density at radius 2 is 1.90 bits per heavy atom. The van der Waals surface area contributed by atoms with Crippen LogP contribution in [-0.2, 0) is 15.8 Å². The van der Waals surface area contributed by atoms with E-state index in [1.165, 1.54) is 12.1 Å². The van der Waals surface area contributed by atoms with Gasteiger partial charge in [-0.2, -0.15) is 13.2 Å². The maximum Gasteiger partial charge on any atom is 0.416 e. The first kappa shape index (κ1) is 22.1. The molecule has 0 fully saturated rings. The van der Waals surface area contributed by atoms with Crippen molar-refractivity contribution in [3.8, 4) is 0 Å². The number of nitrogens with zero attached hydrogens (tertiary/aromatic N) is 1. The van der Waals surface area contributed by atoms with Crippen molar-refractivity contribution < 1.29 is 27.9 Å². The quantitative estimate of drug-likeness (QED) is 0.427. The smallest absolute Gasteiger partial charge is 0.416 e. The van der Waals surface area contributed by atoms with Crippen LogP contribution in [0.15, 0.2) is 48.5 Å². The van der Waals surface area contributed by atoms with Gasteiger partial charge in [0.15, 0.2) is 0 Å². The van der Waals surface area contributed by atoms with Crippen LogP contribution >= 0.6 is 0 Å². The van der Waals surface area contributed by atoms with Gasteiger partial charge in [-0.15, -0.1) is 0 Å². The summed E-state index contributed by atoms with van der Waals surface area (Å²) in [4.78, 5) is 31.0. The van der Waals surface area contributed by atoms with Gasteiger partial charge in [-0.25, -0.2) is 9.78 Å². The van der Waals surface area contributed by atoms with Crippen LogP contribution in [0.2, 0.25) is 0 Å². The van der Waals surface area contributed by atoms with Crippen LogP contribution in [0.5, 0.6) is 0 Å². The Balaban J connectivity index is 1.89. The van der Waals surface area contributed by atoms with E-state index in [0.717, 1.165) is 12.1 Å². The monoisotopic (exact) mass is 434 g/mol. The number of carboxylic acids is 1. The zero-order chi connectivity index (χ0) is 22.6. The number of hydrogen-bond acceptors (Lipinski definition) is 4. The highest BCUT2D eigenvalue weighted by Crippen LogP contribution is 2.32. The molecular weight excluding hydrogens is 413 g/mol. The summed E-state index contributed by atoms with van der Waals surface area (Å²) in [6, 6.07) is 9.82. The molecule has 0 aliphatic carbocycles. The van der Waals surface area contributed by atoms with Crippen LogP contribution in [0.25, 0.3) is 11.0 Å². The number of alkyl halides is 3. The van der Waals surface area contributed by atoms with E-state index in [9.17, 15) is 22.8 Å². The molecule has 0 saturated heterocycles. The Bertz CT molecular complexity index is 1050. The Morgan fingerprint density at radius 1 is 1.16 bits per heavy atom. The third kappa shape index (κ3) is 5.53. The van der Waals surface area contributed by atoms with Crippen LogP contribution in [0, 0.1) is 0 Å². The van der Waals surface area contributed by atoms with Crippen molar-refractivity contribution in [2.45, 2.75) is 38.0 Å². The average Bonchev–Trinajstić information content (AvgIpc) is 3.13. The molecule has 1 amide bonds. The molecular formula is C21H21F3N4O3. The Kier molecular flexibility index (Phi) is 6.47. The number of aromatic nitrogens is 2. The lowest BCUT2D eigenvalue weighted by atomic mass is 10.0. The molecule has 0 aliphatic heterocycles. The zero-order valence-corrected chi connectivity index (χ0v) is 16.5. The van der Waals surface area contributed by atoms with E-state index in [-0.39, 0.29) is 24.4 Å². The number of para-hydroxylation sites is 2. The molecule has 2 aromatic carbocycles.